The van der Waals surface area contributed by atoms with Crippen molar-refractivity contribution < 1.29 is 18.3 Å². The van der Waals surface area contributed by atoms with E-state index >= 15 is 0 Å². The van der Waals surface area contributed by atoms with E-state index in [1.807, 2.05) is 0 Å². The van der Waals surface area contributed by atoms with E-state index in [-0.39, 0.29) is 11.6 Å². The monoisotopic (exact) mass is 281 g/mol. The Morgan fingerprint density at radius 2 is 1.89 bits per heavy atom. The Labute approximate surface area is 109 Å². The molecule has 0 amide bonds. The highest BCUT2D eigenvalue weighted by molar-refractivity contribution is 6.31. The molecule has 0 aliphatic rings. The molecular weight excluding hydrogens is 267 g/mol. The summed E-state index contributed by atoms with van der Waals surface area (Å²) in [6.45, 7) is 3.14. The Kier molecular flexibility index (Phi) is 4.30. The first-order valence-electron chi connectivity index (χ1n) is 5.32. The first-order valence-corrected chi connectivity index (χ1v) is 5.70. The van der Waals surface area contributed by atoms with Crippen LogP contribution < -0.4 is 5.73 Å². The number of aliphatic hydroxyl groups excluding tert-OH is 1. The maximum atomic E-state index is 12.7. The minimum Gasteiger partial charge on any atom is -0.396 e. The molecule has 0 aliphatic carbocycles. The molecule has 0 bridgehead atoms. The average molecular weight is 282 g/mol. The van der Waals surface area contributed by atoms with E-state index in [1.54, 1.807) is 13.8 Å². The van der Waals surface area contributed by atoms with Gasteiger partial charge >= 0.3 is 6.18 Å². The fourth-order valence-electron chi connectivity index (χ4n) is 1.50. The summed E-state index contributed by atoms with van der Waals surface area (Å²) in [5, 5.41) is 8.82. The Morgan fingerprint density at radius 1 is 1.33 bits per heavy atom. The van der Waals surface area contributed by atoms with E-state index in [4.69, 9.17) is 17.3 Å². The second-order valence-corrected chi connectivity index (χ2v) is 5.27. The van der Waals surface area contributed by atoms with Crippen LogP contribution in [0, 0.1) is 5.41 Å². The number of nitrogens with two attached hydrogens (primary N) is 1. The van der Waals surface area contributed by atoms with Crippen molar-refractivity contribution in [2.75, 3.05) is 6.61 Å². The van der Waals surface area contributed by atoms with Gasteiger partial charge in [0.15, 0.2) is 0 Å². The van der Waals surface area contributed by atoms with Gasteiger partial charge in [-0.05, 0) is 17.7 Å². The van der Waals surface area contributed by atoms with Crippen molar-refractivity contribution >= 4 is 11.6 Å². The fourth-order valence-corrected chi connectivity index (χ4v) is 1.73. The third-order valence-electron chi connectivity index (χ3n) is 2.90. The standard InChI is InChI=1S/C12H15ClF3NO/c1-11(2,6-18)10(17)7-3-4-9(13)8(5-7)12(14,15)16/h3-5,10,18H,6,17H2,1-2H3/t10-/m0/s1. The summed E-state index contributed by atoms with van der Waals surface area (Å²) in [5.41, 5.74) is 4.55. The zero-order valence-electron chi connectivity index (χ0n) is 10.1. The lowest BCUT2D eigenvalue weighted by Gasteiger charge is -2.30. The maximum absolute atomic E-state index is 12.7. The van der Waals surface area contributed by atoms with Crippen LogP contribution in [0.4, 0.5) is 13.2 Å². The van der Waals surface area contributed by atoms with Crippen LogP contribution in [0.1, 0.15) is 31.0 Å². The summed E-state index contributed by atoms with van der Waals surface area (Å²) in [7, 11) is 0. The van der Waals surface area contributed by atoms with Gasteiger partial charge < -0.3 is 10.8 Å². The van der Waals surface area contributed by atoms with Crippen molar-refractivity contribution in [3.63, 3.8) is 0 Å². The highest BCUT2D eigenvalue weighted by atomic mass is 35.5. The van der Waals surface area contributed by atoms with Gasteiger partial charge in [-0.3, -0.25) is 0 Å². The van der Waals surface area contributed by atoms with Gasteiger partial charge in [0.1, 0.15) is 0 Å². The molecule has 0 saturated carbocycles. The van der Waals surface area contributed by atoms with E-state index in [9.17, 15) is 18.3 Å². The number of aliphatic hydroxyl groups is 1. The molecule has 0 radical (unpaired) electrons. The Bertz CT molecular complexity index is 432. The molecule has 0 saturated heterocycles. The molecule has 0 fully saturated rings. The summed E-state index contributed by atoms with van der Waals surface area (Å²) in [6.07, 6.45) is -4.52. The van der Waals surface area contributed by atoms with E-state index < -0.39 is 23.2 Å². The number of hydrogen-bond acceptors (Lipinski definition) is 2. The van der Waals surface area contributed by atoms with Crippen LogP contribution in [-0.2, 0) is 6.18 Å². The predicted octanol–water partition coefficient (Wildman–Crippen LogP) is 3.38. The first-order chi connectivity index (χ1) is 8.09. The zero-order valence-corrected chi connectivity index (χ0v) is 10.8. The third kappa shape index (κ3) is 3.16. The molecular formula is C12H15ClF3NO. The average Bonchev–Trinajstić information content (AvgIpc) is 2.27. The molecule has 102 valence electrons. The van der Waals surface area contributed by atoms with E-state index in [2.05, 4.69) is 0 Å². The molecule has 1 rings (SSSR count). The van der Waals surface area contributed by atoms with Crippen LogP contribution in [0.25, 0.3) is 0 Å². The number of hydrogen-bond donors (Lipinski definition) is 2. The van der Waals surface area contributed by atoms with Crippen molar-refractivity contribution in [1.29, 1.82) is 0 Å². The van der Waals surface area contributed by atoms with Crippen molar-refractivity contribution in [2.45, 2.75) is 26.1 Å². The van der Waals surface area contributed by atoms with Gasteiger partial charge in [-0.2, -0.15) is 13.2 Å². The number of benzene rings is 1. The molecule has 3 N–H and O–H groups in total. The molecule has 0 spiro atoms. The molecule has 1 aromatic carbocycles. The van der Waals surface area contributed by atoms with Gasteiger partial charge in [0.25, 0.3) is 0 Å². The molecule has 18 heavy (non-hydrogen) atoms. The largest absolute Gasteiger partial charge is 0.417 e. The van der Waals surface area contributed by atoms with Crippen molar-refractivity contribution in [1.82, 2.24) is 0 Å². The molecule has 0 unspecified atom stereocenters. The molecule has 1 atom stereocenters. The predicted molar refractivity (Wildman–Crippen MR) is 64.2 cm³/mol. The normalized spacial score (nSPS) is 14.7. The topological polar surface area (TPSA) is 46.2 Å². The number of halogens is 4. The van der Waals surface area contributed by atoms with Crippen LogP contribution in [0.5, 0.6) is 0 Å². The van der Waals surface area contributed by atoms with Crippen LogP contribution in [0.15, 0.2) is 18.2 Å². The van der Waals surface area contributed by atoms with Gasteiger partial charge in [0.05, 0.1) is 10.6 Å². The molecule has 6 heteroatoms. The minimum absolute atomic E-state index is 0.224. The molecule has 0 aromatic heterocycles. The number of alkyl halides is 3. The first kappa shape index (κ1) is 15.3. The van der Waals surface area contributed by atoms with Gasteiger partial charge in [-0.25, -0.2) is 0 Å². The summed E-state index contributed by atoms with van der Waals surface area (Å²) in [6, 6.07) is 2.85. The number of rotatable bonds is 3. The van der Waals surface area contributed by atoms with Crippen LogP contribution in [-0.4, -0.2) is 11.7 Å². The quantitative estimate of drug-likeness (QED) is 0.892. The minimum atomic E-state index is -4.52. The maximum Gasteiger partial charge on any atom is 0.417 e. The highest BCUT2D eigenvalue weighted by Gasteiger charge is 2.35. The zero-order chi connectivity index (χ0) is 14.1. The second-order valence-electron chi connectivity index (χ2n) is 4.86. The van der Waals surface area contributed by atoms with E-state index in [0.29, 0.717) is 5.56 Å². The van der Waals surface area contributed by atoms with Gasteiger partial charge in [-0.1, -0.05) is 31.5 Å². The van der Waals surface area contributed by atoms with E-state index in [0.717, 1.165) is 6.07 Å². The van der Waals surface area contributed by atoms with Crippen molar-refractivity contribution in [2.24, 2.45) is 11.1 Å². The Hall–Kier alpha value is -0.780. The molecule has 1 aromatic rings. The highest BCUT2D eigenvalue weighted by Crippen LogP contribution is 2.38. The fraction of sp³-hybridized carbons (Fsp3) is 0.500. The van der Waals surface area contributed by atoms with Gasteiger partial charge in [0, 0.05) is 18.1 Å². The smallest absolute Gasteiger partial charge is 0.396 e. The van der Waals surface area contributed by atoms with Gasteiger partial charge in [-0.15, -0.1) is 0 Å². The van der Waals surface area contributed by atoms with Crippen molar-refractivity contribution in [3.8, 4) is 0 Å². The molecule has 0 heterocycles. The lowest BCUT2D eigenvalue weighted by atomic mass is 9.81. The summed E-state index contributed by atoms with van der Waals surface area (Å²) < 4.78 is 38.1. The summed E-state index contributed by atoms with van der Waals surface area (Å²) >= 11 is 5.52. The van der Waals surface area contributed by atoms with E-state index in [1.165, 1.54) is 12.1 Å². The van der Waals surface area contributed by atoms with Crippen LogP contribution in [0.3, 0.4) is 0 Å². The Balaban J connectivity index is 3.21. The van der Waals surface area contributed by atoms with Gasteiger partial charge in [0.2, 0.25) is 0 Å². The Morgan fingerprint density at radius 3 is 2.33 bits per heavy atom. The SMILES string of the molecule is CC(C)(CO)[C@@H](N)c1ccc(Cl)c(C(F)(F)F)c1. The van der Waals surface area contributed by atoms with Crippen molar-refractivity contribution in [3.05, 3.63) is 34.3 Å². The second kappa shape index (κ2) is 5.07. The van der Waals surface area contributed by atoms with Crippen LogP contribution >= 0.6 is 11.6 Å². The van der Waals surface area contributed by atoms with Crippen LogP contribution in [0.2, 0.25) is 5.02 Å². The summed E-state index contributed by atoms with van der Waals surface area (Å²) in [5.74, 6) is 0. The lowest BCUT2D eigenvalue weighted by Crippen LogP contribution is -2.32. The molecule has 2 nitrogen and oxygen atoms in total. The molecule has 0 aliphatic heterocycles. The summed E-state index contributed by atoms with van der Waals surface area (Å²) in [4.78, 5) is 0. The third-order valence-corrected chi connectivity index (χ3v) is 3.23. The lowest BCUT2D eigenvalue weighted by molar-refractivity contribution is -0.137.